The average molecular weight is 434 g/mol. The zero-order valence-corrected chi connectivity index (χ0v) is 18.0. The number of unbranched alkanes of at least 4 members (excludes halogenated alkanes) is 3. The van der Waals surface area contributed by atoms with Gasteiger partial charge in [-0.25, -0.2) is 19.2 Å². The maximum absolute atomic E-state index is 12.3. The fourth-order valence-corrected chi connectivity index (χ4v) is 2.90. The lowest BCUT2D eigenvalue weighted by Gasteiger charge is -2.18. The third-order valence-corrected chi connectivity index (χ3v) is 4.62. The molecule has 0 radical (unpaired) electrons. The van der Waals surface area contributed by atoms with Gasteiger partial charge in [0.15, 0.2) is 0 Å². The van der Waals surface area contributed by atoms with E-state index in [-0.39, 0.29) is 29.4 Å². The first-order valence-corrected chi connectivity index (χ1v) is 10.3. The molecule has 0 spiro atoms. The van der Waals surface area contributed by atoms with Crippen LogP contribution in [-0.2, 0) is 14.3 Å². The van der Waals surface area contributed by atoms with Crippen LogP contribution in [0.4, 0.5) is 0 Å². The van der Waals surface area contributed by atoms with E-state index in [0.29, 0.717) is 24.8 Å². The molecule has 0 aliphatic carbocycles. The second kappa shape index (κ2) is 13.2. The van der Waals surface area contributed by atoms with Crippen molar-refractivity contribution in [3.05, 3.63) is 47.0 Å². The lowest BCUT2D eigenvalue weighted by Crippen LogP contribution is -2.20. The largest absolute Gasteiger partial charge is 0.478 e. The topological polar surface area (TPSA) is 127 Å². The molecule has 0 aliphatic rings. The molecule has 0 bridgehead atoms. The van der Waals surface area contributed by atoms with Gasteiger partial charge in [-0.1, -0.05) is 32.8 Å². The highest BCUT2D eigenvalue weighted by atomic mass is 16.5. The number of carboxylic acid groups (broad SMARTS) is 2. The highest BCUT2D eigenvalue weighted by Crippen LogP contribution is 2.17. The first-order valence-electron chi connectivity index (χ1n) is 10.3. The molecule has 2 N–H and O–H groups in total. The molecular weight excluding hydrogens is 404 g/mol. The minimum Gasteiger partial charge on any atom is -0.478 e. The van der Waals surface area contributed by atoms with Crippen LogP contribution in [0.25, 0.3) is 0 Å². The molecule has 0 amide bonds. The Morgan fingerprint density at radius 2 is 1.65 bits per heavy atom. The van der Waals surface area contributed by atoms with E-state index in [9.17, 15) is 24.3 Å². The van der Waals surface area contributed by atoms with Crippen LogP contribution in [0, 0.1) is 0 Å². The Bertz CT molecular complexity index is 812. The van der Waals surface area contributed by atoms with Crippen LogP contribution in [0.15, 0.2) is 30.4 Å². The number of hydrogen-bond acceptors (Lipinski definition) is 6. The van der Waals surface area contributed by atoms with E-state index in [0.717, 1.165) is 43.9 Å². The maximum Gasteiger partial charge on any atom is 0.339 e. The molecule has 0 saturated heterocycles. The molecule has 0 fully saturated rings. The Labute approximate surface area is 181 Å². The summed E-state index contributed by atoms with van der Waals surface area (Å²) in [4.78, 5) is 46.6. The molecule has 1 aromatic rings. The van der Waals surface area contributed by atoms with Gasteiger partial charge in [0.25, 0.3) is 0 Å². The van der Waals surface area contributed by atoms with Crippen molar-refractivity contribution in [1.82, 2.24) is 0 Å². The van der Waals surface area contributed by atoms with Crippen LogP contribution >= 0.6 is 0 Å². The van der Waals surface area contributed by atoms with Gasteiger partial charge in [0, 0.05) is 5.57 Å². The van der Waals surface area contributed by atoms with Crippen LogP contribution < -0.4 is 0 Å². The van der Waals surface area contributed by atoms with Crippen LogP contribution in [0.1, 0.15) is 89.9 Å². The Morgan fingerprint density at radius 3 is 2.23 bits per heavy atom. The minimum atomic E-state index is -1.36. The van der Waals surface area contributed by atoms with Crippen molar-refractivity contribution in [3.8, 4) is 0 Å². The Balaban J connectivity index is 2.68. The number of carbonyl (C=O) groups excluding carboxylic acids is 2. The van der Waals surface area contributed by atoms with E-state index < -0.39 is 23.9 Å². The van der Waals surface area contributed by atoms with Gasteiger partial charge in [-0.15, -0.1) is 0 Å². The SMILES string of the molecule is C=C(C)C(=O)OC(CCCCCC)CCCOC(=O)c1cc(C(=O)O)ccc1C(=O)O. The summed E-state index contributed by atoms with van der Waals surface area (Å²) in [5, 5.41) is 18.3. The van der Waals surface area contributed by atoms with Crippen molar-refractivity contribution in [1.29, 1.82) is 0 Å². The number of aromatic carboxylic acids is 2. The predicted molar refractivity (Wildman–Crippen MR) is 113 cm³/mol. The monoisotopic (exact) mass is 434 g/mol. The van der Waals surface area contributed by atoms with Gasteiger partial charge >= 0.3 is 23.9 Å². The van der Waals surface area contributed by atoms with Gasteiger partial charge in [0.2, 0.25) is 0 Å². The second-order valence-electron chi connectivity index (χ2n) is 7.31. The molecule has 0 aromatic heterocycles. The van der Waals surface area contributed by atoms with E-state index in [1.54, 1.807) is 6.92 Å². The van der Waals surface area contributed by atoms with E-state index >= 15 is 0 Å². The number of benzene rings is 1. The minimum absolute atomic E-state index is 0.0225. The van der Waals surface area contributed by atoms with Crippen LogP contribution in [0.5, 0.6) is 0 Å². The normalized spacial score (nSPS) is 11.4. The van der Waals surface area contributed by atoms with Crippen molar-refractivity contribution in [2.45, 2.75) is 64.9 Å². The third-order valence-electron chi connectivity index (χ3n) is 4.62. The Morgan fingerprint density at radius 1 is 0.968 bits per heavy atom. The molecule has 31 heavy (non-hydrogen) atoms. The van der Waals surface area contributed by atoms with Gasteiger partial charge in [-0.3, -0.25) is 0 Å². The van der Waals surface area contributed by atoms with E-state index in [1.807, 2.05) is 0 Å². The number of esters is 2. The smallest absolute Gasteiger partial charge is 0.339 e. The Kier molecular flexibility index (Phi) is 11.0. The quantitative estimate of drug-likeness (QED) is 0.249. The van der Waals surface area contributed by atoms with Gasteiger partial charge in [0.1, 0.15) is 6.10 Å². The molecule has 170 valence electrons. The summed E-state index contributed by atoms with van der Waals surface area (Å²) in [5.41, 5.74) is -0.559. The summed E-state index contributed by atoms with van der Waals surface area (Å²) in [6.45, 7) is 7.24. The Hall–Kier alpha value is -3.16. The molecular formula is C23H30O8. The first kappa shape index (κ1) is 25.9. The number of hydrogen-bond donors (Lipinski definition) is 2. The van der Waals surface area contributed by atoms with Gasteiger partial charge < -0.3 is 19.7 Å². The summed E-state index contributed by atoms with van der Waals surface area (Å²) in [5.74, 6) is -4.02. The fourth-order valence-electron chi connectivity index (χ4n) is 2.90. The molecule has 1 aromatic carbocycles. The first-order chi connectivity index (χ1) is 14.7. The molecule has 0 heterocycles. The maximum atomic E-state index is 12.3. The fraction of sp³-hybridized carbons (Fsp3) is 0.478. The van der Waals surface area contributed by atoms with E-state index in [1.165, 1.54) is 0 Å². The van der Waals surface area contributed by atoms with Crippen molar-refractivity contribution >= 4 is 23.9 Å². The average Bonchev–Trinajstić information content (AvgIpc) is 2.72. The summed E-state index contributed by atoms with van der Waals surface area (Å²) in [6, 6.07) is 3.16. The molecule has 0 aliphatic heterocycles. The zero-order valence-electron chi connectivity index (χ0n) is 18.0. The van der Waals surface area contributed by atoms with Crippen molar-refractivity contribution in [3.63, 3.8) is 0 Å². The standard InChI is InChI=1S/C23H30O8/c1-4-5-6-7-9-17(31-22(28)15(2)3)10-8-13-30-23(29)19-14-16(20(24)25)11-12-18(19)21(26)27/h11-12,14,17H,2,4-10,13H2,1,3H3,(H,24,25)(H,26,27). The molecule has 1 unspecified atom stereocenters. The number of ether oxygens (including phenoxy) is 2. The zero-order chi connectivity index (χ0) is 23.4. The summed E-state index contributed by atoms with van der Waals surface area (Å²) < 4.78 is 10.6. The summed E-state index contributed by atoms with van der Waals surface area (Å²) >= 11 is 0. The van der Waals surface area contributed by atoms with Crippen molar-refractivity contribution < 1.29 is 38.9 Å². The highest BCUT2D eigenvalue weighted by Gasteiger charge is 2.21. The summed E-state index contributed by atoms with van der Waals surface area (Å²) in [7, 11) is 0. The van der Waals surface area contributed by atoms with Crippen LogP contribution in [0.2, 0.25) is 0 Å². The molecule has 1 atom stereocenters. The van der Waals surface area contributed by atoms with Gasteiger partial charge in [0.05, 0.1) is 23.3 Å². The second-order valence-corrected chi connectivity index (χ2v) is 7.31. The number of carboxylic acids is 2. The van der Waals surface area contributed by atoms with Gasteiger partial charge in [-0.2, -0.15) is 0 Å². The third kappa shape index (κ3) is 9.02. The van der Waals surface area contributed by atoms with E-state index in [2.05, 4.69) is 13.5 Å². The molecule has 8 nitrogen and oxygen atoms in total. The molecule has 0 saturated carbocycles. The van der Waals surface area contributed by atoms with E-state index in [4.69, 9.17) is 14.6 Å². The van der Waals surface area contributed by atoms with Crippen LogP contribution in [-0.4, -0.2) is 46.8 Å². The number of carbonyl (C=O) groups is 4. The van der Waals surface area contributed by atoms with Gasteiger partial charge in [-0.05, 0) is 50.8 Å². The summed E-state index contributed by atoms with van der Waals surface area (Å²) in [6.07, 6.45) is 5.36. The number of rotatable bonds is 14. The van der Waals surface area contributed by atoms with Crippen molar-refractivity contribution in [2.24, 2.45) is 0 Å². The van der Waals surface area contributed by atoms with Crippen molar-refractivity contribution in [2.75, 3.05) is 6.61 Å². The highest BCUT2D eigenvalue weighted by molar-refractivity contribution is 6.04. The lowest BCUT2D eigenvalue weighted by molar-refractivity contribution is -0.145. The molecule has 8 heteroatoms. The van der Waals surface area contributed by atoms with Crippen LogP contribution in [0.3, 0.4) is 0 Å². The predicted octanol–water partition coefficient (Wildman–Crippen LogP) is 4.48. The molecule has 1 rings (SSSR count). The lowest BCUT2D eigenvalue weighted by atomic mass is 10.0.